The van der Waals surface area contributed by atoms with E-state index < -0.39 is 5.82 Å². The fraction of sp³-hybridized carbons (Fsp3) is 0.533. The van der Waals surface area contributed by atoms with Gasteiger partial charge in [0.1, 0.15) is 0 Å². The molecular weight excluding hydrogens is 259 g/mol. The number of carbonyl (C=O) groups is 1. The van der Waals surface area contributed by atoms with E-state index in [1.54, 1.807) is 17.0 Å². The number of nitrogens with zero attached hydrogens (tertiary/aromatic N) is 1. The van der Waals surface area contributed by atoms with Crippen molar-refractivity contribution in [2.45, 2.75) is 32.4 Å². The SMILES string of the molecule is CCN(Cc1ccc(OC)c(F)c1)C(=O)[C@H]1CCCN1. The molecule has 1 amide bonds. The number of ether oxygens (including phenoxy) is 1. The van der Waals surface area contributed by atoms with Crippen molar-refractivity contribution < 1.29 is 13.9 Å². The molecule has 0 radical (unpaired) electrons. The van der Waals surface area contributed by atoms with Crippen molar-refractivity contribution in [2.24, 2.45) is 0 Å². The minimum atomic E-state index is -0.396. The van der Waals surface area contributed by atoms with Crippen molar-refractivity contribution in [1.29, 1.82) is 0 Å². The van der Waals surface area contributed by atoms with Gasteiger partial charge in [-0.2, -0.15) is 0 Å². The van der Waals surface area contributed by atoms with Gasteiger partial charge in [-0.15, -0.1) is 0 Å². The number of hydrogen-bond acceptors (Lipinski definition) is 3. The zero-order valence-corrected chi connectivity index (χ0v) is 12.0. The standard InChI is InChI=1S/C15H21FN2O2/c1-3-18(15(19)13-5-4-8-17-13)10-11-6-7-14(20-2)12(16)9-11/h6-7,9,13,17H,3-5,8,10H2,1-2H3/t13-/m1/s1. The summed E-state index contributed by atoms with van der Waals surface area (Å²) in [6, 6.07) is 4.73. The molecule has 1 fully saturated rings. The van der Waals surface area contributed by atoms with Gasteiger partial charge in [-0.3, -0.25) is 4.79 Å². The third-order valence-corrected chi connectivity index (χ3v) is 3.64. The zero-order chi connectivity index (χ0) is 14.5. The van der Waals surface area contributed by atoms with Gasteiger partial charge < -0.3 is 15.0 Å². The molecule has 0 bridgehead atoms. The largest absolute Gasteiger partial charge is 0.494 e. The Bertz CT molecular complexity index is 473. The molecule has 4 nitrogen and oxygen atoms in total. The van der Waals surface area contributed by atoms with Crippen LogP contribution < -0.4 is 10.1 Å². The van der Waals surface area contributed by atoms with E-state index in [0.717, 1.165) is 24.9 Å². The zero-order valence-electron chi connectivity index (χ0n) is 12.0. The molecule has 0 aliphatic carbocycles. The highest BCUT2D eigenvalue weighted by Crippen LogP contribution is 2.19. The lowest BCUT2D eigenvalue weighted by atomic mass is 10.1. The first-order valence-electron chi connectivity index (χ1n) is 7.00. The van der Waals surface area contributed by atoms with Gasteiger partial charge in [0.05, 0.1) is 13.2 Å². The molecule has 1 aromatic rings. The highest BCUT2D eigenvalue weighted by Gasteiger charge is 2.26. The Kier molecular flexibility index (Phi) is 4.95. The normalized spacial score (nSPS) is 18.1. The molecule has 20 heavy (non-hydrogen) atoms. The van der Waals surface area contributed by atoms with Gasteiger partial charge in [-0.05, 0) is 44.0 Å². The second-order valence-electron chi connectivity index (χ2n) is 4.97. The number of amides is 1. The Morgan fingerprint density at radius 3 is 2.90 bits per heavy atom. The number of rotatable bonds is 5. The van der Waals surface area contributed by atoms with E-state index in [9.17, 15) is 9.18 Å². The number of likely N-dealkylation sites (N-methyl/N-ethyl adjacent to an activating group) is 1. The van der Waals surface area contributed by atoms with E-state index in [1.165, 1.54) is 13.2 Å². The Labute approximate surface area is 118 Å². The van der Waals surface area contributed by atoms with E-state index in [4.69, 9.17) is 4.74 Å². The summed E-state index contributed by atoms with van der Waals surface area (Å²) in [5.74, 6) is -0.0747. The Balaban J connectivity index is 2.05. The molecule has 1 atom stereocenters. The lowest BCUT2D eigenvalue weighted by Gasteiger charge is -2.24. The maximum atomic E-state index is 13.7. The van der Waals surface area contributed by atoms with E-state index in [-0.39, 0.29) is 17.7 Å². The number of carbonyl (C=O) groups excluding carboxylic acids is 1. The minimum Gasteiger partial charge on any atom is -0.494 e. The van der Waals surface area contributed by atoms with Crippen LogP contribution in [0, 0.1) is 5.82 Å². The molecule has 1 aliphatic heterocycles. The molecule has 110 valence electrons. The highest BCUT2D eigenvalue weighted by molar-refractivity contribution is 5.82. The molecular formula is C15H21FN2O2. The molecule has 1 aromatic carbocycles. The van der Waals surface area contributed by atoms with Crippen molar-refractivity contribution >= 4 is 5.91 Å². The smallest absolute Gasteiger partial charge is 0.239 e. The van der Waals surface area contributed by atoms with Crippen LogP contribution in [0.15, 0.2) is 18.2 Å². The predicted molar refractivity (Wildman–Crippen MR) is 75.1 cm³/mol. The van der Waals surface area contributed by atoms with Gasteiger partial charge in [0.2, 0.25) is 5.91 Å². The second kappa shape index (κ2) is 6.70. The van der Waals surface area contributed by atoms with Crippen LogP contribution in [-0.4, -0.2) is 37.0 Å². The van der Waals surface area contributed by atoms with E-state index in [0.29, 0.717) is 13.1 Å². The molecule has 0 aromatic heterocycles. The molecule has 1 heterocycles. The maximum absolute atomic E-state index is 13.7. The monoisotopic (exact) mass is 280 g/mol. The van der Waals surface area contributed by atoms with Gasteiger partial charge >= 0.3 is 0 Å². The number of benzene rings is 1. The van der Waals surface area contributed by atoms with E-state index in [2.05, 4.69) is 5.32 Å². The molecule has 0 spiro atoms. The lowest BCUT2D eigenvalue weighted by molar-refractivity contribution is -0.133. The predicted octanol–water partition coefficient (Wildman–Crippen LogP) is 1.93. The molecule has 0 unspecified atom stereocenters. The van der Waals surface area contributed by atoms with Crippen LogP contribution in [0.3, 0.4) is 0 Å². The Hall–Kier alpha value is -1.62. The molecule has 0 saturated carbocycles. The first-order valence-corrected chi connectivity index (χ1v) is 7.00. The molecule has 2 rings (SSSR count). The van der Waals surface area contributed by atoms with Crippen LogP contribution in [0.5, 0.6) is 5.75 Å². The summed E-state index contributed by atoms with van der Waals surface area (Å²) in [5, 5.41) is 3.20. The van der Waals surface area contributed by atoms with E-state index >= 15 is 0 Å². The summed E-state index contributed by atoms with van der Waals surface area (Å²) in [5.41, 5.74) is 0.775. The number of hydrogen-bond donors (Lipinski definition) is 1. The van der Waals surface area contributed by atoms with Crippen molar-refractivity contribution in [2.75, 3.05) is 20.2 Å². The first-order chi connectivity index (χ1) is 9.65. The van der Waals surface area contributed by atoms with Gasteiger partial charge in [0, 0.05) is 13.1 Å². The van der Waals surface area contributed by atoms with Gasteiger partial charge in [0.25, 0.3) is 0 Å². The van der Waals surface area contributed by atoms with E-state index in [1.807, 2.05) is 6.92 Å². The molecule has 1 saturated heterocycles. The number of nitrogens with one attached hydrogen (secondary N) is 1. The third-order valence-electron chi connectivity index (χ3n) is 3.64. The fourth-order valence-electron chi connectivity index (χ4n) is 2.49. The summed E-state index contributed by atoms with van der Waals surface area (Å²) in [6.07, 6.45) is 1.91. The van der Waals surface area contributed by atoms with Gasteiger partial charge in [-0.25, -0.2) is 4.39 Å². The quantitative estimate of drug-likeness (QED) is 0.896. The summed E-state index contributed by atoms with van der Waals surface area (Å²) in [7, 11) is 1.44. The number of methoxy groups -OCH3 is 1. The van der Waals surface area contributed by atoms with Crippen molar-refractivity contribution in [1.82, 2.24) is 10.2 Å². The van der Waals surface area contributed by atoms with Crippen molar-refractivity contribution in [3.8, 4) is 5.75 Å². The summed E-state index contributed by atoms with van der Waals surface area (Å²) in [4.78, 5) is 14.1. The summed E-state index contributed by atoms with van der Waals surface area (Å²) in [6.45, 7) is 3.87. The lowest BCUT2D eigenvalue weighted by Crippen LogP contribution is -2.43. The van der Waals surface area contributed by atoms with Crippen LogP contribution >= 0.6 is 0 Å². The van der Waals surface area contributed by atoms with Crippen LogP contribution in [-0.2, 0) is 11.3 Å². The minimum absolute atomic E-state index is 0.0851. The highest BCUT2D eigenvalue weighted by atomic mass is 19.1. The van der Waals surface area contributed by atoms with Crippen LogP contribution in [0.25, 0.3) is 0 Å². The molecule has 1 aliphatic rings. The first kappa shape index (κ1) is 14.8. The molecule has 1 N–H and O–H groups in total. The average Bonchev–Trinajstić information content (AvgIpc) is 2.98. The maximum Gasteiger partial charge on any atom is 0.239 e. The third kappa shape index (κ3) is 3.28. The topological polar surface area (TPSA) is 41.6 Å². The van der Waals surface area contributed by atoms with Gasteiger partial charge in [0.15, 0.2) is 11.6 Å². The van der Waals surface area contributed by atoms with Crippen LogP contribution in [0.4, 0.5) is 4.39 Å². The van der Waals surface area contributed by atoms with Crippen molar-refractivity contribution in [3.05, 3.63) is 29.6 Å². The van der Waals surface area contributed by atoms with Crippen LogP contribution in [0.1, 0.15) is 25.3 Å². The fourth-order valence-corrected chi connectivity index (χ4v) is 2.49. The van der Waals surface area contributed by atoms with Crippen molar-refractivity contribution in [3.63, 3.8) is 0 Å². The Morgan fingerprint density at radius 2 is 2.35 bits per heavy atom. The second-order valence-corrected chi connectivity index (χ2v) is 4.97. The number of halogens is 1. The Morgan fingerprint density at radius 1 is 1.55 bits per heavy atom. The average molecular weight is 280 g/mol. The summed E-state index contributed by atoms with van der Waals surface area (Å²) < 4.78 is 18.6. The van der Waals surface area contributed by atoms with Gasteiger partial charge in [-0.1, -0.05) is 6.07 Å². The molecule has 5 heteroatoms. The summed E-state index contributed by atoms with van der Waals surface area (Å²) >= 11 is 0. The van der Waals surface area contributed by atoms with Crippen LogP contribution in [0.2, 0.25) is 0 Å².